The average Bonchev–Trinajstić information content (AvgIpc) is 2.83. The molecule has 2 aromatic rings. The Morgan fingerprint density at radius 1 is 1.37 bits per heavy atom. The molecule has 0 aliphatic rings. The Kier molecular flexibility index (Phi) is 5.19. The largest absolute Gasteiger partial charge is 0.333 e. The van der Waals surface area contributed by atoms with Crippen LogP contribution in [0.3, 0.4) is 0 Å². The summed E-state index contributed by atoms with van der Waals surface area (Å²) < 4.78 is 4.36. The number of hydrogen-bond acceptors (Lipinski definition) is 2. The fourth-order valence-electron chi connectivity index (χ4n) is 2.17. The fourth-order valence-corrected chi connectivity index (χ4v) is 3.02. The van der Waals surface area contributed by atoms with Crippen LogP contribution in [0, 0.1) is 0 Å². The van der Waals surface area contributed by atoms with Crippen molar-refractivity contribution in [3.05, 3.63) is 50.9 Å². The summed E-state index contributed by atoms with van der Waals surface area (Å²) in [7, 11) is 1.96. The lowest BCUT2D eigenvalue weighted by molar-refractivity contribution is 0.566. The highest BCUT2D eigenvalue weighted by Crippen LogP contribution is 2.30. The first-order chi connectivity index (χ1) is 9.17. The molecule has 0 fully saturated rings. The van der Waals surface area contributed by atoms with Crippen molar-refractivity contribution in [2.75, 3.05) is 7.05 Å². The second kappa shape index (κ2) is 6.68. The van der Waals surface area contributed by atoms with Crippen molar-refractivity contribution in [1.29, 1.82) is 0 Å². The van der Waals surface area contributed by atoms with Gasteiger partial charge in [0.05, 0.1) is 6.04 Å². The van der Waals surface area contributed by atoms with Crippen LogP contribution < -0.4 is 5.32 Å². The molecule has 102 valence electrons. The average molecular weight is 387 g/mol. The molecule has 0 saturated heterocycles. The second-order valence-electron chi connectivity index (χ2n) is 4.37. The summed E-state index contributed by atoms with van der Waals surface area (Å²) in [6.07, 6.45) is 5.00. The van der Waals surface area contributed by atoms with Crippen LogP contribution in [0.15, 0.2) is 39.5 Å². The molecule has 0 aliphatic carbocycles. The van der Waals surface area contributed by atoms with E-state index in [0.717, 1.165) is 27.7 Å². The summed E-state index contributed by atoms with van der Waals surface area (Å²) in [6, 6.07) is 6.28. The third-order valence-electron chi connectivity index (χ3n) is 3.03. The maximum absolute atomic E-state index is 4.52. The van der Waals surface area contributed by atoms with Crippen LogP contribution in [-0.4, -0.2) is 16.6 Å². The molecule has 0 radical (unpaired) electrons. The third kappa shape index (κ3) is 3.27. The number of hydrogen-bond donors (Lipinski definition) is 1. The molecule has 2 rings (SSSR count). The molecule has 3 nitrogen and oxygen atoms in total. The molecule has 19 heavy (non-hydrogen) atoms. The van der Waals surface area contributed by atoms with E-state index in [9.17, 15) is 0 Å². The van der Waals surface area contributed by atoms with Crippen molar-refractivity contribution in [3.63, 3.8) is 0 Å². The minimum absolute atomic E-state index is 0.0772. The van der Waals surface area contributed by atoms with Gasteiger partial charge in [-0.2, -0.15) is 0 Å². The predicted molar refractivity (Wildman–Crippen MR) is 85.3 cm³/mol. The molecule has 1 unspecified atom stereocenters. The van der Waals surface area contributed by atoms with Gasteiger partial charge in [-0.1, -0.05) is 38.8 Å². The van der Waals surface area contributed by atoms with E-state index >= 15 is 0 Å². The van der Waals surface area contributed by atoms with Crippen LogP contribution in [0.2, 0.25) is 0 Å². The van der Waals surface area contributed by atoms with Crippen molar-refractivity contribution in [1.82, 2.24) is 14.9 Å². The number of rotatable bonds is 5. The smallest absolute Gasteiger partial charge is 0.130 e. The van der Waals surface area contributed by atoms with Gasteiger partial charge in [-0.25, -0.2) is 4.98 Å². The number of halogens is 2. The van der Waals surface area contributed by atoms with Gasteiger partial charge in [0.15, 0.2) is 0 Å². The Labute approximate surface area is 130 Å². The minimum atomic E-state index is 0.0772. The van der Waals surface area contributed by atoms with Crippen molar-refractivity contribution in [2.45, 2.75) is 25.9 Å². The van der Waals surface area contributed by atoms with Crippen LogP contribution in [0.5, 0.6) is 0 Å². The van der Waals surface area contributed by atoms with Gasteiger partial charge in [0.2, 0.25) is 0 Å². The molecule has 0 saturated carbocycles. The van der Waals surface area contributed by atoms with Crippen molar-refractivity contribution in [3.8, 4) is 0 Å². The highest BCUT2D eigenvalue weighted by atomic mass is 79.9. The maximum Gasteiger partial charge on any atom is 0.130 e. The van der Waals surface area contributed by atoms with Gasteiger partial charge in [0, 0.05) is 27.9 Å². The third-order valence-corrected chi connectivity index (χ3v) is 4.24. The van der Waals surface area contributed by atoms with Crippen molar-refractivity contribution in [2.24, 2.45) is 0 Å². The molecular formula is C14H17Br2N3. The van der Waals surface area contributed by atoms with Crippen LogP contribution >= 0.6 is 31.9 Å². The summed E-state index contributed by atoms with van der Waals surface area (Å²) in [5.74, 6) is 1.04. The first kappa shape index (κ1) is 14.8. The number of aromatic nitrogens is 2. The number of aryl methyl sites for hydroxylation is 1. The first-order valence-electron chi connectivity index (χ1n) is 6.30. The molecule has 0 spiro atoms. The van der Waals surface area contributed by atoms with E-state index in [-0.39, 0.29) is 6.04 Å². The molecule has 1 atom stereocenters. The zero-order chi connectivity index (χ0) is 13.8. The molecule has 0 aliphatic heterocycles. The highest BCUT2D eigenvalue weighted by molar-refractivity contribution is 9.11. The summed E-state index contributed by atoms with van der Waals surface area (Å²) >= 11 is 7.15. The van der Waals surface area contributed by atoms with Gasteiger partial charge in [-0.15, -0.1) is 0 Å². The summed E-state index contributed by atoms with van der Waals surface area (Å²) in [5, 5.41) is 3.35. The van der Waals surface area contributed by atoms with E-state index in [4.69, 9.17) is 0 Å². The number of benzene rings is 1. The Hall–Kier alpha value is -0.650. The summed E-state index contributed by atoms with van der Waals surface area (Å²) in [6.45, 7) is 3.16. The zero-order valence-corrected chi connectivity index (χ0v) is 14.2. The molecule has 0 bridgehead atoms. The maximum atomic E-state index is 4.52. The normalized spacial score (nSPS) is 12.6. The van der Waals surface area contributed by atoms with E-state index in [1.807, 2.05) is 25.5 Å². The standard InChI is InChI=1S/C14H17Br2N3/c1-3-7-19-8-6-18-14(19)13(17-2)11-9-10(15)4-5-12(11)16/h4-6,8-9,13,17H,3,7H2,1-2H3. The van der Waals surface area contributed by atoms with Crippen LogP contribution in [0.4, 0.5) is 0 Å². The second-order valence-corrected chi connectivity index (χ2v) is 6.14. The molecule has 1 N–H and O–H groups in total. The van der Waals surface area contributed by atoms with Crippen molar-refractivity contribution >= 4 is 31.9 Å². The SMILES string of the molecule is CCCn1ccnc1C(NC)c1cc(Br)ccc1Br. The van der Waals surface area contributed by atoms with E-state index in [1.54, 1.807) is 0 Å². The topological polar surface area (TPSA) is 29.9 Å². The number of nitrogens with zero attached hydrogens (tertiary/aromatic N) is 2. The van der Waals surface area contributed by atoms with E-state index in [0.29, 0.717) is 0 Å². The van der Waals surface area contributed by atoms with E-state index in [1.165, 1.54) is 5.56 Å². The van der Waals surface area contributed by atoms with Gasteiger partial charge in [-0.05, 0) is 37.2 Å². The van der Waals surface area contributed by atoms with Gasteiger partial charge in [0.25, 0.3) is 0 Å². The van der Waals surface area contributed by atoms with Gasteiger partial charge in [0.1, 0.15) is 5.82 Å². The molecule has 1 heterocycles. The van der Waals surface area contributed by atoms with Gasteiger partial charge in [-0.3, -0.25) is 0 Å². The Balaban J connectivity index is 2.44. The van der Waals surface area contributed by atoms with Gasteiger partial charge < -0.3 is 9.88 Å². The number of imidazole rings is 1. The number of nitrogens with one attached hydrogen (secondary N) is 1. The monoisotopic (exact) mass is 385 g/mol. The van der Waals surface area contributed by atoms with Crippen LogP contribution in [0.25, 0.3) is 0 Å². The van der Waals surface area contributed by atoms with Crippen LogP contribution in [-0.2, 0) is 6.54 Å². The van der Waals surface area contributed by atoms with Gasteiger partial charge >= 0.3 is 0 Å². The Bertz CT molecular complexity index is 551. The molecular weight excluding hydrogens is 370 g/mol. The molecule has 5 heteroatoms. The fraction of sp³-hybridized carbons (Fsp3) is 0.357. The zero-order valence-electron chi connectivity index (χ0n) is 11.0. The van der Waals surface area contributed by atoms with E-state index in [2.05, 4.69) is 65.8 Å². The Morgan fingerprint density at radius 2 is 2.16 bits per heavy atom. The minimum Gasteiger partial charge on any atom is -0.333 e. The molecule has 1 aromatic carbocycles. The lowest BCUT2D eigenvalue weighted by Gasteiger charge is -2.19. The Morgan fingerprint density at radius 3 is 2.84 bits per heavy atom. The molecule has 0 amide bonds. The summed E-state index contributed by atoms with van der Waals surface area (Å²) in [5.41, 5.74) is 1.18. The van der Waals surface area contributed by atoms with Crippen molar-refractivity contribution < 1.29 is 0 Å². The quantitative estimate of drug-likeness (QED) is 0.837. The molecule has 1 aromatic heterocycles. The first-order valence-corrected chi connectivity index (χ1v) is 7.89. The highest BCUT2D eigenvalue weighted by Gasteiger charge is 2.19. The van der Waals surface area contributed by atoms with Crippen LogP contribution in [0.1, 0.15) is 30.8 Å². The van der Waals surface area contributed by atoms with E-state index < -0.39 is 0 Å². The predicted octanol–water partition coefficient (Wildman–Crippen LogP) is 4.13. The lowest BCUT2D eigenvalue weighted by atomic mass is 10.1. The lowest BCUT2D eigenvalue weighted by Crippen LogP contribution is -2.22. The summed E-state index contributed by atoms with van der Waals surface area (Å²) in [4.78, 5) is 4.52.